The highest BCUT2D eigenvalue weighted by atomic mass is 35.5. The standard InChI is InChI=1S/C8H11ClN4/c1-13(2)8-11-6(5-3-4-5)10-7(9)12-8/h5H,3-4H2,1-2H3. The van der Waals surface area contributed by atoms with Gasteiger partial charge in [-0.2, -0.15) is 9.97 Å². The molecule has 1 fully saturated rings. The lowest BCUT2D eigenvalue weighted by Gasteiger charge is -2.10. The topological polar surface area (TPSA) is 41.9 Å². The lowest BCUT2D eigenvalue weighted by molar-refractivity contribution is 0.860. The van der Waals surface area contributed by atoms with Crippen molar-refractivity contribution in [1.29, 1.82) is 0 Å². The molecule has 4 nitrogen and oxygen atoms in total. The van der Waals surface area contributed by atoms with Gasteiger partial charge >= 0.3 is 0 Å². The van der Waals surface area contributed by atoms with Crippen LogP contribution in [0, 0.1) is 0 Å². The van der Waals surface area contributed by atoms with Crippen molar-refractivity contribution in [2.24, 2.45) is 0 Å². The fourth-order valence-electron chi connectivity index (χ4n) is 1.08. The van der Waals surface area contributed by atoms with Gasteiger partial charge in [0.15, 0.2) is 0 Å². The number of anilines is 1. The van der Waals surface area contributed by atoms with Gasteiger partial charge in [-0.15, -0.1) is 0 Å². The highest BCUT2D eigenvalue weighted by molar-refractivity contribution is 6.28. The van der Waals surface area contributed by atoms with Crippen LogP contribution in [0.4, 0.5) is 5.95 Å². The Bertz CT molecular complexity index is 302. The van der Waals surface area contributed by atoms with Gasteiger partial charge in [-0.1, -0.05) is 0 Å². The summed E-state index contributed by atoms with van der Waals surface area (Å²) in [6.07, 6.45) is 2.35. The third-order valence-corrected chi connectivity index (χ3v) is 2.13. The third kappa shape index (κ3) is 1.88. The van der Waals surface area contributed by atoms with E-state index in [1.165, 1.54) is 12.8 Å². The molecule has 0 saturated heterocycles. The number of rotatable bonds is 2. The summed E-state index contributed by atoms with van der Waals surface area (Å²) >= 11 is 5.78. The van der Waals surface area contributed by atoms with Crippen LogP contribution in [0.3, 0.4) is 0 Å². The molecule has 70 valence electrons. The molecule has 1 aromatic heterocycles. The summed E-state index contributed by atoms with van der Waals surface area (Å²) in [5.74, 6) is 1.99. The molecular formula is C8H11ClN4. The molecule has 1 heterocycles. The Morgan fingerprint density at radius 3 is 2.46 bits per heavy atom. The summed E-state index contributed by atoms with van der Waals surface area (Å²) in [6, 6.07) is 0. The zero-order valence-corrected chi connectivity index (χ0v) is 8.41. The Hall–Kier alpha value is -0.900. The normalized spacial score (nSPS) is 15.9. The molecule has 1 aliphatic rings. The van der Waals surface area contributed by atoms with Crippen LogP contribution in [0.1, 0.15) is 24.6 Å². The predicted octanol–water partition coefficient (Wildman–Crippen LogP) is 1.47. The molecule has 13 heavy (non-hydrogen) atoms. The number of aromatic nitrogens is 3. The van der Waals surface area contributed by atoms with Crippen LogP contribution in [0.5, 0.6) is 0 Å². The van der Waals surface area contributed by atoms with E-state index in [0.29, 0.717) is 17.1 Å². The van der Waals surface area contributed by atoms with Crippen molar-refractivity contribution in [1.82, 2.24) is 15.0 Å². The van der Waals surface area contributed by atoms with E-state index < -0.39 is 0 Å². The number of halogens is 1. The molecule has 0 unspecified atom stereocenters. The highest BCUT2D eigenvalue weighted by Gasteiger charge is 2.27. The Morgan fingerprint density at radius 2 is 1.92 bits per heavy atom. The van der Waals surface area contributed by atoms with Gasteiger partial charge in [-0.25, -0.2) is 4.98 Å². The molecule has 0 atom stereocenters. The van der Waals surface area contributed by atoms with Crippen LogP contribution >= 0.6 is 11.6 Å². The quantitative estimate of drug-likeness (QED) is 0.722. The molecule has 0 spiro atoms. The van der Waals surface area contributed by atoms with E-state index in [0.717, 1.165) is 5.82 Å². The van der Waals surface area contributed by atoms with E-state index in [1.807, 2.05) is 19.0 Å². The Morgan fingerprint density at radius 1 is 1.23 bits per heavy atom. The molecule has 1 aliphatic carbocycles. The second-order valence-corrected chi connectivity index (χ2v) is 3.77. The van der Waals surface area contributed by atoms with E-state index >= 15 is 0 Å². The molecule has 0 aliphatic heterocycles. The van der Waals surface area contributed by atoms with E-state index in [2.05, 4.69) is 15.0 Å². The Balaban J connectivity index is 2.36. The fraction of sp³-hybridized carbons (Fsp3) is 0.625. The molecular weight excluding hydrogens is 188 g/mol. The molecule has 0 amide bonds. The fourth-order valence-corrected chi connectivity index (χ4v) is 1.24. The first-order valence-electron chi connectivity index (χ1n) is 4.25. The van der Waals surface area contributed by atoms with Crippen molar-refractivity contribution in [2.45, 2.75) is 18.8 Å². The summed E-state index contributed by atoms with van der Waals surface area (Å²) in [6.45, 7) is 0. The molecule has 2 rings (SSSR count). The molecule has 1 saturated carbocycles. The average Bonchev–Trinajstić information content (AvgIpc) is 2.85. The van der Waals surface area contributed by atoms with Crippen LogP contribution in [0.25, 0.3) is 0 Å². The van der Waals surface area contributed by atoms with Crippen molar-refractivity contribution in [3.63, 3.8) is 0 Å². The van der Waals surface area contributed by atoms with Gasteiger partial charge in [0.05, 0.1) is 0 Å². The molecule has 0 radical (unpaired) electrons. The lowest BCUT2D eigenvalue weighted by Crippen LogP contribution is -2.14. The minimum atomic E-state index is 0.292. The molecule has 1 aromatic rings. The summed E-state index contributed by atoms with van der Waals surface area (Å²) in [5, 5.41) is 0.292. The summed E-state index contributed by atoms with van der Waals surface area (Å²) in [4.78, 5) is 14.3. The monoisotopic (exact) mass is 198 g/mol. The van der Waals surface area contributed by atoms with Gasteiger partial charge in [0.2, 0.25) is 11.2 Å². The van der Waals surface area contributed by atoms with Crippen molar-refractivity contribution in [3.8, 4) is 0 Å². The maximum atomic E-state index is 5.78. The lowest BCUT2D eigenvalue weighted by atomic mass is 10.4. The van der Waals surface area contributed by atoms with Gasteiger partial charge in [-0.3, -0.25) is 0 Å². The molecule has 0 aromatic carbocycles. The van der Waals surface area contributed by atoms with Crippen LogP contribution in [-0.4, -0.2) is 29.0 Å². The Kier molecular flexibility index (Phi) is 2.07. The van der Waals surface area contributed by atoms with Crippen molar-refractivity contribution < 1.29 is 0 Å². The third-order valence-electron chi connectivity index (χ3n) is 1.96. The maximum absolute atomic E-state index is 5.78. The first-order chi connectivity index (χ1) is 6.16. The summed E-state index contributed by atoms with van der Waals surface area (Å²) in [5.41, 5.74) is 0. The minimum Gasteiger partial charge on any atom is -0.347 e. The zero-order chi connectivity index (χ0) is 9.42. The number of hydrogen-bond acceptors (Lipinski definition) is 4. The molecule has 0 N–H and O–H groups in total. The minimum absolute atomic E-state index is 0.292. The zero-order valence-electron chi connectivity index (χ0n) is 7.66. The number of nitrogens with zero attached hydrogens (tertiary/aromatic N) is 4. The SMILES string of the molecule is CN(C)c1nc(Cl)nc(C2CC2)n1. The smallest absolute Gasteiger partial charge is 0.229 e. The maximum Gasteiger partial charge on any atom is 0.229 e. The van der Waals surface area contributed by atoms with Crippen LogP contribution < -0.4 is 4.90 Å². The predicted molar refractivity (Wildman–Crippen MR) is 51.1 cm³/mol. The van der Waals surface area contributed by atoms with Gasteiger partial charge in [0, 0.05) is 20.0 Å². The second kappa shape index (κ2) is 3.10. The van der Waals surface area contributed by atoms with Gasteiger partial charge in [0.25, 0.3) is 0 Å². The van der Waals surface area contributed by atoms with E-state index in [-0.39, 0.29) is 0 Å². The van der Waals surface area contributed by atoms with Crippen molar-refractivity contribution in [3.05, 3.63) is 11.1 Å². The van der Waals surface area contributed by atoms with Gasteiger partial charge in [-0.05, 0) is 24.4 Å². The highest BCUT2D eigenvalue weighted by Crippen LogP contribution is 2.38. The molecule has 5 heteroatoms. The van der Waals surface area contributed by atoms with Crippen molar-refractivity contribution >= 4 is 17.5 Å². The second-order valence-electron chi connectivity index (χ2n) is 3.43. The van der Waals surface area contributed by atoms with E-state index in [1.54, 1.807) is 0 Å². The number of hydrogen-bond donors (Lipinski definition) is 0. The first-order valence-corrected chi connectivity index (χ1v) is 4.63. The van der Waals surface area contributed by atoms with Crippen LogP contribution in [0.2, 0.25) is 5.28 Å². The van der Waals surface area contributed by atoms with Crippen molar-refractivity contribution in [2.75, 3.05) is 19.0 Å². The Labute approximate surface area is 82.0 Å². The summed E-state index contributed by atoms with van der Waals surface area (Å²) < 4.78 is 0. The summed E-state index contributed by atoms with van der Waals surface area (Å²) in [7, 11) is 3.78. The van der Waals surface area contributed by atoms with E-state index in [4.69, 9.17) is 11.6 Å². The largest absolute Gasteiger partial charge is 0.347 e. The van der Waals surface area contributed by atoms with Gasteiger partial charge < -0.3 is 4.90 Å². The van der Waals surface area contributed by atoms with Crippen LogP contribution in [-0.2, 0) is 0 Å². The van der Waals surface area contributed by atoms with E-state index in [9.17, 15) is 0 Å². The van der Waals surface area contributed by atoms with Crippen LogP contribution in [0.15, 0.2) is 0 Å². The van der Waals surface area contributed by atoms with Gasteiger partial charge in [0.1, 0.15) is 5.82 Å². The molecule has 0 bridgehead atoms. The first kappa shape index (κ1) is 8.69. The average molecular weight is 199 g/mol.